The predicted octanol–water partition coefficient (Wildman–Crippen LogP) is 3.10. The molecule has 0 N–H and O–H groups in total. The minimum atomic E-state index is 0.254. The molecular weight excluding hydrogens is 164 g/mol. The summed E-state index contributed by atoms with van der Waals surface area (Å²) in [7, 11) is 0. The van der Waals surface area contributed by atoms with Crippen LogP contribution in [0.3, 0.4) is 0 Å². The molecule has 46 valence electrons. The van der Waals surface area contributed by atoms with E-state index in [1.54, 1.807) is 4.99 Å². The first kappa shape index (κ1) is 8.00. The maximum absolute atomic E-state index is 3.13. The normalized spacial score (nSPS) is 10.0. The highest BCUT2D eigenvalue weighted by Crippen LogP contribution is 2.13. The Balaban J connectivity index is 3.89. The number of rotatable bonds is 0. The second kappa shape index (κ2) is 3.11. The van der Waals surface area contributed by atoms with Crippen LogP contribution in [-0.2, 0) is 0 Å². The fraction of sp³-hybridized carbons (Fsp3) is 0.571. The van der Waals surface area contributed by atoms with Gasteiger partial charge in [0.2, 0.25) is 0 Å². The first-order valence-corrected chi connectivity index (χ1v) is 3.50. The summed E-state index contributed by atoms with van der Waals surface area (Å²) in [6.45, 7) is 6.41. The third-order valence-electron chi connectivity index (χ3n) is 0.579. The summed E-state index contributed by atoms with van der Waals surface area (Å²) in [4.78, 5) is 1.73. The second-order valence-electron chi connectivity index (χ2n) is 2.79. The molecule has 0 amide bonds. The Bertz CT molecular complexity index is 111. The van der Waals surface area contributed by atoms with E-state index in [1.165, 1.54) is 0 Å². The Kier molecular flexibility index (Phi) is 3.11. The zero-order valence-electron chi connectivity index (χ0n) is 5.53. The quantitative estimate of drug-likeness (QED) is 0.496. The van der Waals surface area contributed by atoms with Crippen molar-refractivity contribution in [2.75, 3.05) is 0 Å². The SMILES string of the molecule is CC(C)(C)C=C=CBr. The van der Waals surface area contributed by atoms with Crippen LogP contribution < -0.4 is 0 Å². The highest BCUT2D eigenvalue weighted by molar-refractivity contribution is 9.11. The van der Waals surface area contributed by atoms with Crippen LogP contribution in [0.1, 0.15) is 20.8 Å². The molecule has 8 heavy (non-hydrogen) atoms. The molecule has 0 aromatic rings. The van der Waals surface area contributed by atoms with E-state index in [9.17, 15) is 0 Å². The summed E-state index contributed by atoms with van der Waals surface area (Å²) in [6.07, 6.45) is 2.02. The van der Waals surface area contributed by atoms with E-state index >= 15 is 0 Å². The van der Waals surface area contributed by atoms with Gasteiger partial charge in [0.1, 0.15) is 0 Å². The summed E-state index contributed by atoms with van der Waals surface area (Å²) in [5.41, 5.74) is 3.21. The van der Waals surface area contributed by atoms with Crippen LogP contribution in [0.25, 0.3) is 0 Å². The standard InChI is InChI=1S/C7H11Br/c1-7(2,3)5-4-6-8/h5-6H,1-3H3. The third-order valence-corrected chi connectivity index (χ3v) is 0.844. The molecular formula is C7H11Br. The van der Waals surface area contributed by atoms with E-state index in [4.69, 9.17) is 0 Å². The Hall–Kier alpha value is 0. The summed E-state index contributed by atoms with van der Waals surface area (Å²) in [5, 5.41) is 0. The van der Waals surface area contributed by atoms with Crippen LogP contribution in [-0.4, -0.2) is 0 Å². The maximum Gasteiger partial charge on any atom is 0.0228 e. The van der Waals surface area contributed by atoms with Gasteiger partial charge in [-0.25, -0.2) is 0 Å². The molecule has 0 aromatic heterocycles. The van der Waals surface area contributed by atoms with Gasteiger partial charge in [0, 0.05) is 4.99 Å². The van der Waals surface area contributed by atoms with E-state index in [-0.39, 0.29) is 5.41 Å². The zero-order chi connectivity index (χ0) is 6.62. The number of hydrogen-bond donors (Lipinski definition) is 0. The smallest absolute Gasteiger partial charge is 0.0228 e. The number of allylic oxidation sites excluding steroid dienone is 1. The van der Waals surface area contributed by atoms with Gasteiger partial charge in [0.15, 0.2) is 0 Å². The first-order chi connectivity index (χ1) is 3.56. The van der Waals surface area contributed by atoms with Crippen LogP contribution in [0.2, 0.25) is 0 Å². The lowest BCUT2D eigenvalue weighted by atomic mass is 9.97. The molecule has 0 unspecified atom stereocenters. The first-order valence-electron chi connectivity index (χ1n) is 2.58. The van der Waals surface area contributed by atoms with Crippen molar-refractivity contribution in [3.8, 4) is 0 Å². The lowest BCUT2D eigenvalue weighted by molar-refractivity contribution is 0.545. The fourth-order valence-corrected chi connectivity index (χ4v) is 0.414. The lowest BCUT2D eigenvalue weighted by Crippen LogP contribution is -1.96. The van der Waals surface area contributed by atoms with E-state index in [1.807, 2.05) is 6.08 Å². The van der Waals surface area contributed by atoms with Crippen molar-refractivity contribution in [3.05, 3.63) is 16.8 Å². The summed E-state index contributed by atoms with van der Waals surface area (Å²) < 4.78 is 0. The Morgan fingerprint density at radius 3 is 2.00 bits per heavy atom. The van der Waals surface area contributed by atoms with Crippen LogP contribution in [0, 0.1) is 5.41 Å². The molecule has 0 aliphatic rings. The van der Waals surface area contributed by atoms with Crippen molar-refractivity contribution >= 4 is 15.9 Å². The molecule has 0 spiro atoms. The van der Waals surface area contributed by atoms with E-state index < -0.39 is 0 Å². The molecule has 0 heterocycles. The molecule has 0 saturated carbocycles. The minimum absolute atomic E-state index is 0.254. The number of halogens is 1. The minimum Gasteiger partial charge on any atom is -0.117 e. The summed E-state index contributed by atoms with van der Waals surface area (Å²) >= 11 is 3.13. The molecule has 0 atom stereocenters. The molecule has 0 aromatic carbocycles. The van der Waals surface area contributed by atoms with Gasteiger partial charge in [-0.05, 0) is 11.5 Å². The summed E-state index contributed by atoms with van der Waals surface area (Å²) in [6, 6.07) is 0. The van der Waals surface area contributed by atoms with Crippen molar-refractivity contribution < 1.29 is 0 Å². The monoisotopic (exact) mass is 174 g/mol. The highest BCUT2D eigenvalue weighted by atomic mass is 79.9. The average Bonchev–Trinajstić information content (AvgIpc) is 1.59. The van der Waals surface area contributed by atoms with E-state index in [0.29, 0.717) is 0 Å². The van der Waals surface area contributed by atoms with E-state index in [0.717, 1.165) is 0 Å². The van der Waals surface area contributed by atoms with Crippen LogP contribution in [0.15, 0.2) is 16.8 Å². The molecule has 0 fully saturated rings. The van der Waals surface area contributed by atoms with Crippen LogP contribution >= 0.6 is 15.9 Å². The number of hydrogen-bond acceptors (Lipinski definition) is 0. The third kappa shape index (κ3) is 6.00. The maximum atomic E-state index is 3.13. The molecule has 0 aliphatic carbocycles. The molecule has 0 radical (unpaired) electrons. The van der Waals surface area contributed by atoms with Crippen molar-refractivity contribution in [2.45, 2.75) is 20.8 Å². The zero-order valence-corrected chi connectivity index (χ0v) is 7.12. The van der Waals surface area contributed by atoms with Gasteiger partial charge in [-0.2, -0.15) is 0 Å². The van der Waals surface area contributed by atoms with Crippen molar-refractivity contribution in [2.24, 2.45) is 5.41 Å². The Labute approximate surface area is 59.4 Å². The second-order valence-corrected chi connectivity index (χ2v) is 3.24. The topological polar surface area (TPSA) is 0 Å². The van der Waals surface area contributed by atoms with Gasteiger partial charge in [0.05, 0.1) is 0 Å². The van der Waals surface area contributed by atoms with Gasteiger partial charge < -0.3 is 0 Å². The molecule has 0 rings (SSSR count). The Morgan fingerprint density at radius 1 is 1.38 bits per heavy atom. The largest absolute Gasteiger partial charge is 0.117 e. The molecule has 1 heteroatoms. The highest BCUT2D eigenvalue weighted by Gasteiger charge is 2.01. The molecule has 0 nitrogen and oxygen atoms in total. The average molecular weight is 175 g/mol. The Morgan fingerprint density at radius 2 is 1.88 bits per heavy atom. The van der Waals surface area contributed by atoms with Crippen molar-refractivity contribution in [1.29, 1.82) is 0 Å². The van der Waals surface area contributed by atoms with Crippen molar-refractivity contribution in [1.82, 2.24) is 0 Å². The fourth-order valence-electron chi connectivity index (χ4n) is 0.281. The van der Waals surface area contributed by atoms with Gasteiger partial charge in [-0.15, -0.1) is 5.73 Å². The van der Waals surface area contributed by atoms with Gasteiger partial charge in [0.25, 0.3) is 0 Å². The van der Waals surface area contributed by atoms with Gasteiger partial charge in [-0.1, -0.05) is 36.7 Å². The molecule has 0 saturated heterocycles. The van der Waals surface area contributed by atoms with Crippen LogP contribution in [0.4, 0.5) is 0 Å². The van der Waals surface area contributed by atoms with E-state index in [2.05, 4.69) is 42.4 Å². The summed E-state index contributed by atoms with van der Waals surface area (Å²) in [5.74, 6) is 0. The predicted molar refractivity (Wildman–Crippen MR) is 41.0 cm³/mol. The van der Waals surface area contributed by atoms with Crippen molar-refractivity contribution in [3.63, 3.8) is 0 Å². The van der Waals surface area contributed by atoms with Gasteiger partial charge in [-0.3, -0.25) is 0 Å². The molecule has 0 bridgehead atoms. The lowest BCUT2D eigenvalue weighted by Gasteiger charge is -2.07. The van der Waals surface area contributed by atoms with Crippen LogP contribution in [0.5, 0.6) is 0 Å². The van der Waals surface area contributed by atoms with Gasteiger partial charge >= 0.3 is 0 Å². The molecule has 0 aliphatic heterocycles.